The first kappa shape index (κ1) is 18.6. The number of hydrogen-bond donors (Lipinski definition) is 0. The predicted molar refractivity (Wildman–Crippen MR) is 94.3 cm³/mol. The van der Waals surface area contributed by atoms with Crippen molar-refractivity contribution in [2.24, 2.45) is 47.3 Å². The van der Waals surface area contributed by atoms with E-state index in [1.54, 1.807) is 0 Å². The second kappa shape index (κ2) is 7.02. The van der Waals surface area contributed by atoms with E-state index in [0.29, 0.717) is 36.0 Å². The number of halogens is 4. The molecule has 4 fully saturated rings. The van der Waals surface area contributed by atoms with E-state index in [4.69, 9.17) is 0 Å². The third-order valence-electron chi connectivity index (χ3n) is 7.93. The molecule has 0 aromatic heterocycles. The molecule has 4 saturated carbocycles. The van der Waals surface area contributed by atoms with Crippen molar-refractivity contribution in [1.82, 2.24) is 0 Å². The molecule has 0 nitrogen and oxygen atoms in total. The second-order valence-electron chi connectivity index (χ2n) is 9.55. The van der Waals surface area contributed by atoms with Gasteiger partial charge in [0.2, 0.25) is 0 Å². The van der Waals surface area contributed by atoms with Crippen LogP contribution >= 0.6 is 0 Å². The summed E-state index contributed by atoms with van der Waals surface area (Å²) in [5, 5.41) is 0. The van der Waals surface area contributed by atoms with E-state index in [9.17, 15) is 17.6 Å². The van der Waals surface area contributed by atoms with Gasteiger partial charge >= 0.3 is 0 Å². The Morgan fingerprint density at radius 1 is 0.692 bits per heavy atom. The minimum Gasteiger partial charge on any atom is -0.247 e. The lowest BCUT2D eigenvalue weighted by atomic mass is 9.43. The molecule has 0 amide bonds. The Morgan fingerprint density at radius 3 is 2.08 bits per heavy atom. The number of fused-ring (bicyclic) bond motifs is 4. The molecule has 0 bridgehead atoms. The lowest BCUT2D eigenvalue weighted by molar-refractivity contribution is -0.157. The maximum atomic E-state index is 14.5. The highest BCUT2D eigenvalue weighted by atomic mass is 19.2. The average molecular weight is 370 g/mol. The van der Waals surface area contributed by atoms with Crippen molar-refractivity contribution in [1.29, 1.82) is 0 Å². The van der Waals surface area contributed by atoms with Crippen LogP contribution in [0.15, 0.2) is 0 Å². The van der Waals surface area contributed by atoms with Gasteiger partial charge in [-0.2, -0.15) is 0 Å². The van der Waals surface area contributed by atoms with E-state index in [2.05, 4.69) is 25.7 Å². The molecular weight excluding hydrogens is 340 g/mol. The molecular formula is C22H30F4. The highest BCUT2D eigenvalue weighted by Gasteiger charge is 2.59. The van der Waals surface area contributed by atoms with Crippen LogP contribution in [-0.2, 0) is 0 Å². The molecule has 4 rings (SSSR count). The highest BCUT2D eigenvalue weighted by Crippen LogP contribution is 2.63. The van der Waals surface area contributed by atoms with Crippen LogP contribution in [0.25, 0.3) is 0 Å². The number of hydrogen-bond acceptors (Lipinski definition) is 0. The first-order valence-corrected chi connectivity index (χ1v) is 10.4. The Hall–Kier alpha value is -0.720. The van der Waals surface area contributed by atoms with Gasteiger partial charge in [-0.25, -0.2) is 17.6 Å². The van der Waals surface area contributed by atoms with Crippen LogP contribution in [-0.4, -0.2) is 24.7 Å². The highest BCUT2D eigenvalue weighted by molar-refractivity contribution is 5.16. The standard InChI is InChI=1S/C22H30F4/c1-11-7-16-20-12(2)14(5-6-15(20)21(16)17(23)8-11)4-3-13-9-18(24)22(26)19(25)10-13/h11-22H,5-10H2,1-2H3/t11?,12?,13?,14?,15?,16-,17?,18?,19?,20?,21?,22?/m0/s1. The summed E-state index contributed by atoms with van der Waals surface area (Å²) in [7, 11) is 0. The van der Waals surface area contributed by atoms with Gasteiger partial charge in [-0.3, -0.25) is 0 Å². The molecule has 0 aromatic carbocycles. The summed E-state index contributed by atoms with van der Waals surface area (Å²) >= 11 is 0. The van der Waals surface area contributed by atoms with Crippen molar-refractivity contribution in [2.45, 2.75) is 77.1 Å². The first-order chi connectivity index (χ1) is 12.4. The normalized spacial score (nSPS) is 56.4. The Labute approximate surface area is 154 Å². The Morgan fingerprint density at radius 2 is 1.38 bits per heavy atom. The summed E-state index contributed by atoms with van der Waals surface area (Å²) in [5.41, 5.74) is 0. The van der Waals surface area contributed by atoms with Crippen LogP contribution in [0.3, 0.4) is 0 Å². The fourth-order valence-corrected chi connectivity index (χ4v) is 6.70. The van der Waals surface area contributed by atoms with Gasteiger partial charge in [0.15, 0.2) is 6.17 Å². The zero-order valence-corrected chi connectivity index (χ0v) is 15.7. The lowest BCUT2D eigenvalue weighted by Gasteiger charge is -2.62. The van der Waals surface area contributed by atoms with Crippen LogP contribution in [0, 0.1) is 59.2 Å². The molecule has 4 aliphatic rings. The van der Waals surface area contributed by atoms with Gasteiger partial charge in [-0.15, -0.1) is 0 Å². The molecule has 0 heterocycles. The zero-order chi connectivity index (χ0) is 18.6. The largest absolute Gasteiger partial charge is 0.247 e. The van der Waals surface area contributed by atoms with Crippen LogP contribution < -0.4 is 0 Å². The number of alkyl halides is 4. The fraction of sp³-hybridized carbons (Fsp3) is 0.909. The molecule has 4 aliphatic carbocycles. The van der Waals surface area contributed by atoms with Crippen molar-refractivity contribution in [3.63, 3.8) is 0 Å². The van der Waals surface area contributed by atoms with E-state index in [1.165, 1.54) is 0 Å². The summed E-state index contributed by atoms with van der Waals surface area (Å²) in [6.45, 7) is 4.39. The van der Waals surface area contributed by atoms with Crippen molar-refractivity contribution < 1.29 is 17.6 Å². The first-order valence-electron chi connectivity index (χ1n) is 10.4. The van der Waals surface area contributed by atoms with Gasteiger partial charge < -0.3 is 0 Å². The average Bonchev–Trinajstić information content (AvgIpc) is 2.56. The smallest absolute Gasteiger partial charge is 0.162 e. The molecule has 0 N–H and O–H groups in total. The molecule has 0 aliphatic heterocycles. The van der Waals surface area contributed by atoms with E-state index in [1.807, 2.05) is 0 Å². The topological polar surface area (TPSA) is 0 Å². The van der Waals surface area contributed by atoms with Gasteiger partial charge in [0.1, 0.15) is 18.5 Å². The van der Waals surface area contributed by atoms with E-state index in [0.717, 1.165) is 19.3 Å². The van der Waals surface area contributed by atoms with Gasteiger partial charge in [0.25, 0.3) is 0 Å². The van der Waals surface area contributed by atoms with E-state index in [-0.39, 0.29) is 30.6 Å². The third-order valence-corrected chi connectivity index (χ3v) is 7.93. The summed E-state index contributed by atoms with van der Waals surface area (Å²) in [5.74, 6) is 8.92. The second-order valence-corrected chi connectivity index (χ2v) is 9.55. The summed E-state index contributed by atoms with van der Waals surface area (Å²) in [6.07, 6.45) is -2.25. The Bertz CT molecular complexity index is 568. The minimum absolute atomic E-state index is 0.00743. The van der Waals surface area contributed by atoms with Gasteiger partial charge in [0, 0.05) is 11.8 Å². The van der Waals surface area contributed by atoms with Crippen LogP contribution in [0.4, 0.5) is 17.6 Å². The predicted octanol–water partition coefficient (Wildman–Crippen LogP) is 5.71. The monoisotopic (exact) mass is 370 g/mol. The van der Waals surface area contributed by atoms with Crippen molar-refractivity contribution >= 4 is 0 Å². The van der Waals surface area contributed by atoms with Gasteiger partial charge in [0.05, 0.1) is 0 Å². The van der Waals surface area contributed by atoms with E-state index >= 15 is 0 Å². The molecule has 9 unspecified atom stereocenters. The van der Waals surface area contributed by atoms with E-state index < -0.39 is 24.7 Å². The van der Waals surface area contributed by atoms with Crippen molar-refractivity contribution in [2.75, 3.05) is 0 Å². The molecule has 4 heteroatoms. The summed E-state index contributed by atoms with van der Waals surface area (Å²) in [4.78, 5) is 0. The molecule has 0 aromatic rings. The summed E-state index contributed by atoms with van der Waals surface area (Å²) < 4.78 is 55.0. The molecule has 0 radical (unpaired) electrons. The van der Waals surface area contributed by atoms with Gasteiger partial charge in [-0.1, -0.05) is 25.7 Å². The maximum absolute atomic E-state index is 14.5. The lowest BCUT2D eigenvalue weighted by Crippen LogP contribution is -2.59. The third kappa shape index (κ3) is 3.08. The van der Waals surface area contributed by atoms with Crippen LogP contribution in [0.2, 0.25) is 0 Å². The molecule has 26 heavy (non-hydrogen) atoms. The van der Waals surface area contributed by atoms with Gasteiger partial charge in [-0.05, 0) is 74.0 Å². The minimum atomic E-state index is -1.99. The summed E-state index contributed by atoms with van der Waals surface area (Å²) in [6, 6.07) is 0. The van der Waals surface area contributed by atoms with Crippen LogP contribution in [0.1, 0.15) is 52.4 Å². The molecule has 0 saturated heterocycles. The Balaban J connectivity index is 1.41. The fourth-order valence-electron chi connectivity index (χ4n) is 6.70. The Kier molecular flexibility index (Phi) is 5.03. The molecule has 10 atom stereocenters. The van der Waals surface area contributed by atoms with Crippen LogP contribution in [0.5, 0.6) is 0 Å². The zero-order valence-electron chi connectivity index (χ0n) is 15.7. The molecule has 146 valence electrons. The van der Waals surface area contributed by atoms with Crippen molar-refractivity contribution in [3.8, 4) is 11.8 Å². The SMILES string of the molecule is CC1CC(F)C2C3CCC(C#CC4CC(F)C(F)C(F)C4)C(C)C3[C@@H]2C1. The molecule has 0 spiro atoms. The van der Waals surface area contributed by atoms with Crippen molar-refractivity contribution in [3.05, 3.63) is 0 Å². The number of rotatable bonds is 0. The maximum Gasteiger partial charge on any atom is 0.162 e. The quantitative estimate of drug-likeness (QED) is 0.379.